The van der Waals surface area contributed by atoms with Crippen LogP contribution in [0.5, 0.6) is 0 Å². The molecule has 10 heteroatoms. The molecule has 2 rings (SSSR count). The average Bonchev–Trinajstić information content (AvgIpc) is 2.58. The predicted molar refractivity (Wildman–Crippen MR) is 92.4 cm³/mol. The molecule has 1 N–H and O–H groups in total. The van der Waals surface area contributed by atoms with Crippen LogP contribution in [0.1, 0.15) is 26.7 Å². The number of halogens is 4. The van der Waals surface area contributed by atoms with Crippen molar-refractivity contribution >= 4 is 21.4 Å². The Labute approximate surface area is 155 Å². The van der Waals surface area contributed by atoms with E-state index in [1.807, 2.05) is 0 Å². The standard InChI is InChI=1S/C17H22F4N2O3S/c1-11(2)16(24)22-9-12-4-3-7-23(10-12)14-6-5-13(18)8-15(14)27(25,26)17(19,20)21/h5-6,8,11-12H,3-4,7,9-10H2,1-2H3,(H,22,24). The number of anilines is 1. The van der Waals surface area contributed by atoms with Crippen LogP contribution in [0.25, 0.3) is 0 Å². The lowest BCUT2D eigenvalue weighted by Crippen LogP contribution is -2.42. The molecule has 152 valence electrons. The van der Waals surface area contributed by atoms with Crippen molar-refractivity contribution < 1.29 is 30.8 Å². The molecule has 1 aliphatic heterocycles. The molecule has 0 saturated carbocycles. The van der Waals surface area contributed by atoms with E-state index in [4.69, 9.17) is 0 Å². The number of carbonyl (C=O) groups excluding carboxylic acids is 1. The fraction of sp³-hybridized carbons (Fsp3) is 0.588. The van der Waals surface area contributed by atoms with Crippen LogP contribution in [0.2, 0.25) is 0 Å². The van der Waals surface area contributed by atoms with Gasteiger partial charge < -0.3 is 10.2 Å². The second kappa shape index (κ2) is 8.04. The molecule has 1 unspecified atom stereocenters. The largest absolute Gasteiger partial charge is 0.501 e. The van der Waals surface area contributed by atoms with Gasteiger partial charge in [0.1, 0.15) is 10.7 Å². The van der Waals surface area contributed by atoms with Crippen molar-refractivity contribution in [2.75, 3.05) is 24.5 Å². The molecule has 0 aromatic heterocycles. The summed E-state index contributed by atoms with van der Waals surface area (Å²) < 4.78 is 76.2. The Kier molecular flexibility index (Phi) is 6.39. The van der Waals surface area contributed by atoms with Gasteiger partial charge in [0.25, 0.3) is 9.84 Å². The third kappa shape index (κ3) is 4.91. The van der Waals surface area contributed by atoms with Crippen molar-refractivity contribution in [1.29, 1.82) is 0 Å². The SMILES string of the molecule is CC(C)C(=O)NCC1CCCN(c2ccc(F)cc2S(=O)(=O)C(F)(F)F)C1. The summed E-state index contributed by atoms with van der Waals surface area (Å²) in [7, 11) is -5.68. The zero-order chi connectivity index (χ0) is 20.4. The smallest absolute Gasteiger partial charge is 0.370 e. The number of hydrogen-bond acceptors (Lipinski definition) is 4. The van der Waals surface area contributed by atoms with Crippen molar-refractivity contribution in [3.63, 3.8) is 0 Å². The van der Waals surface area contributed by atoms with Gasteiger partial charge in [0.15, 0.2) is 0 Å². The van der Waals surface area contributed by atoms with E-state index in [0.717, 1.165) is 18.6 Å². The molecule has 1 saturated heterocycles. The number of nitrogens with zero attached hydrogens (tertiary/aromatic N) is 1. The number of piperidine rings is 1. The van der Waals surface area contributed by atoms with E-state index < -0.39 is 26.1 Å². The monoisotopic (exact) mass is 410 g/mol. The number of benzene rings is 1. The molecular weight excluding hydrogens is 388 g/mol. The summed E-state index contributed by atoms with van der Waals surface area (Å²) in [5.41, 5.74) is -5.69. The van der Waals surface area contributed by atoms with E-state index in [2.05, 4.69) is 5.32 Å². The van der Waals surface area contributed by atoms with Gasteiger partial charge in [-0.15, -0.1) is 0 Å². The van der Waals surface area contributed by atoms with Gasteiger partial charge >= 0.3 is 5.51 Å². The molecule has 1 heterocycles. The summed E-state index contributed by atoms with van der Waals surface area (Å²) >= 11 is 0. The Bertz CT molecular complexity index is 794. The van der Waals surface area contributed by atoms with Crippen molar-refractivity contribution in [3.8, 4) is 0 Å². The van der Waals surface area contributed by atoms with Crippen LogP contribution in [-0.2, 0) is 14.6 Å². The van der Waals surface area contributed by atoms with Gasteiger partial charge in [-0.2, -0.15) is 13.2 Å². The Hall–Kier alpha value is -1.84. The molecule has 1 aliphatic rings. The maximum Gasteiger partial charge on any atom is 0.501 e. The molecule has 1 amide bonds. The van der Waals surface area contributed by atoms with Crippen molar-refractivity contribution in [2.45, 2.75) is 37.1 Å². The van der Waals surface area contributed by atoms with E-state index in [-0.39, 0.29) is 30.0 Å². The minimum Gasteiger partial charge on any atom is -0.370 e. The van der Waals surface area contributed by atoms with Crippen LogP contribution in [0.15, 0.2) is 23.1 Å². The maximum absolute atomic E-state index is 13.5. The van der Waals surface area contributed by atoms with Gasteiger partial charge in [-0.05, 0) is 37.0 Å². The lowest BCUT2D eigenvalue weighted by atomic mass is 9.97. The summed E-state index contributed by atoms with van der Waals surface area (Å²) in [4.78, 5) is 12.1. The minimum atomic E-state index is -5.68. The summed E-state index contributed by atoms with van der Waals surface area (Å²) in [6, 6.07) is 2.40. The lowest BCUT2D eigenvalue weighted by molar-refractivity contribution is -0.124. The molecule has 1 aromatic rings. The number of nitrogens with one attached hydrogen (secondary N) is 1. The number of rotatable bonds is 5. The number of carbonyl (C=O) groups is 1. The highest BCUT2D eigenvalue weighted by molar-refractivity contribution is 7.92. The van der Waals surface area contributed by atoms with Gasteiger partial charge in [0.2, 0.25) is 5.91 Å². The Morgan fingerprint density at radius 2 is 2.00 bits per heavy atom. The van der Waals surface area contributed by atoms with E-state index in [1.54, 1.807) is 13.8 Å². The minimum absolute atomic E-state index is 0.0482. The highest BCUT2D eigenvalue weighted by Crippen LogP contribution is 2.37. The third-order valence-electron chi connectivity index (χ3n) is 4.47. The fourth-order valence-corrected chi connectivity index (χ4v) is 3.98. The lowest BCUT2D eigenvalue weighted by Gasteiger charge is -2.35. The number of alkyl halides is 3. The molecule has 1 aromatic carbocycles. The maximum atomic E-state index is 13.5. The van der Waals surface area contributed by atoms with E-state index in [0.29, 0.717) is 25.6 Å². The first-order valence-electron chi connectivity index (χ1n) is 8.57. The fourth-order valence-electron chi connectivity index (χ4n) is 2.99. The zero-order valence-electron chi connectivity index (χ0n) is 15.0. The quantitative estimate of drug-likeness (QED) is 0.758. The molecule has 0 radical (unpaired) electrons. The van der Waals surface area contributed by atoms with Crippen LogP contribution in [0, 0.1) is 17.7 Å². The second-order valence-corrected chi connectivity index (χ2v) is 8.82. The van der Waals surface area contributed by atoms with Gasteiger partial charge in [-0.3, -0.25) is 4.79 Å². The average molecular weight is 410 g/mol. The Morgan fingerprint density at radius 1 is 1.33 bits per heavy atom. The molecule has 1 fully saturated rings. The van der Waals surface area contributed by atoms with Gasteiger partial charge in [-0.25, -0.2) is 12.8 Å². The molecule has 1 atom stereocenters. The number of amides is 1. The van der Waals surface area contributed by atoms with E-state index >= 15 is 0 Å². The van der Waals surface area contributed by atoms with Gasteiger partial charge in [-0.1, -0.05) is 13.8 Å². The van der Waals surface area contributed by atoms with Crippen LogP contribution in [-0.4, -0.2) is 39.5 Å². The Balaban J connectivity index is 2.26. The highest BCUT2D eigenvalue weighted by Gasteiger charge is 2.48. The van der Waals surface area contributed by atoms with Crippen molar-refractivity contribution in [3.05, 3.63) is 24.0 Å². The second-order valence-electron chi connectivity index (χ2n) is 6.92. The van der Waals surface area contributed by atoms with Crippen molar-refractivity contribution in [1.82, 2.24) is 5.32 Å². The van der Waals surface area contributed by atoms with E-state index in [1.165, 1.54) is 4.90 Å². The predicted octanol–water partition coefficient (Wildman–Crippen LogP) is 3.11. The van der Waals surface area contributed by atoms with Crippen LogP contribution < -0.4 is 10.2 Å². The third-order valence-corrected chi connectivity index (χ3v) is 5.98. The molecule has 5 nitrogen and oxygen atoms in total. The first-order chi connectivity index (χ1) is 12.4. The van der Waals surface area contributed by atoms with Gasteiger partial charge in [0, 0.05) is 25.6 Å². The number of sulfone groups is 1. The Morgan fingerprint density at radius 3 is 2.59 bits per heavy atom. The first-order valence-corrected chi connectivity index (χ1v) is 10.1. The van der Waals surface area contributed by atoms with Crippen LogP contribution >= 0.6 is 0 Å². The zero-order valence-corrected chi connectivity index (χ0v) is 15.8. The normalized spacial score (nSPS) is 18.6. The topological polar surface area (TPSA) is 66.5 Å². The number of hydrogen-bond donors (Lipinski definition) is 1. The van der Waals surface area contributed by atoms with Crippen LogP contribution in [0.4, 0.5) is 23.2 Å². The molecule has 27 heavy (non-hydrogen) atoms. The molecular formula is C17H22F4N2O3S. The van der Waals surface area contributed by atoms with Crippen LogP contribution in [0.3, 0.4) is 0 Å². The van der Waals surface area contributed by atoms with Crippen molar-refractivity contribution in [2.24, 2.45) is 11.8 Å². The summed E-state index contributed by atoms with van der Waals surface area (Å²) in [5.74, 6) is -1.42. The van der Waals surface area contributed by atoms with Gasteiger partial charge in [0.05, 0.1) is 5.69 Å². The molecule has 0 spiro atoms. The molecule has 0 aliphatic carbocycles. The molecule has 0 bridgehead atoms. The summed E-state index contributed by atoms with van der Waals surface area (Å²) in [6.45, 7) is 4.45. The summed E-state index contributed by atoms with van der Waals surface area (Å²) in [5, 5.41) is 2.78. The highest BCUT2D eigenvalue weighted by atomic mass is 32.2. The first kappa shape index (κ1) is 21.5. The van der Waals surface area contributed by atoms with E-state index in [9.17, 15) is 30.8 Å². The summed E-state index contributed by atoms with van der Waals surface area (Å²) in [6.07, 6.45) is 1.36.